The van der Waals surface area contributed by atoms with Gasteiger partial charge in [-0.2, -0.15) is 0 Å². The van der Waals surface area contributed by atoms with Gasteiger partial charge in [0.1, 0.15) is 0 Å². The molecule has 0 aromatic carbocycles. The van der Waals surface area contributed by atoms with Crippen LogP contribution >= 0.6 is 0 Å². The van der Waals surface area contributed by atoms with Crippen LogP contribution in [0.4, 0.5) is 0 Å². The Kier molecular flexibility index (Phi) is 5.93. The summed E-state index contributed by atoms with van der Waals surface area (Å²) in [6.07, 6.45) is 21.0. The first kappa shape index (κ1) is 17.8. The van der Waals surface area contributed by atoms with E-state index in [9.17, 15) is 0 Å². The van der Waals surface area contributed by atoms with Gasteiger partial charge in [0.25, 0.3) is 0 Å². The Bertz CT molecular complexity index is 681. The number of rotatable bonds is 3. The molecular formula is C23H29NO. The normalized spacial score (nSPS) is 30.6. The molecule has 0 bridgehead atoms. The third-order valence-electron chi connectivity index (χ3n) is 5.14. The van der Waals surface area contributed by atoms with Gasteiger partial charge in [0.05, 0.1) is 13.2 Å². The van der Waals surface area contributed by atoms with Crippen molar-refractivity contribution in [1.82, 2.24) is 4.90 Å². The van der Waals surface area contributed by atoms with E-state index in [0.717, 1.165) is 38.3 Å². The summed E-state index contributed by atoms with van der Waals surface area (Å²) in [4.78, 5) is 2.45. The van der Waals surface area contributed by atoms with Crippen LogP contribution in [0.2, 0.25) is 0 Å². The fourth-order valence-electron chi connectivity index (χ4n) is 3.61. The second kappa shape index (κ2) is 8.35. The molecule has 3 rings (SSSR count). The number of hydrogen-bond donors (Lipinski definition) is 0. The summed E-state index contributed by atoms with van der Waals surface area (Å²) < 4.78 is 5.51. The standard InChI is InChI=1S/C23H29NO/c1-4-5-10-23-19(3)15-22(24-11-13-25-14-12-24)17-21(23)16-20-9-7-6-8-18(20)2/h4-10,15-16,18,20H,3,11-14,17H2,1-2H3/b5-4-,21-16+,23-10-. The minimum absolute atomic E-state index is 0.450. The van der Waals surface area contributed by atoms with E-state index in [-0.39, 0.29) is 0 Å². The molecule has 25 heavy (non-hydrogen) atoms. The zero-order chi connectivity index (χ0) is 17.6. The van der Waals surface area contributed by atoms with E-state index in [1.807, 2.05) is 0 Å². The maximum absolute atomic E-state index is 5.51. The van der Waals surface area contributed by atoms with Gasteiger partial charge < -0.3 is 9.64 Å². The van der Waals surface area contributed by atoms with Gasteiger partial charge in [-0.1, -0.05) is 62.1 Å². The summed E-state index contributed by atoms with van der Waals surface area (Å²) in [6.45, 7) is 12.3. The predicted octanol–water partition coefficient (Wildman–Crippen LogP) is 4.97. The van der Waals surface area contributed by atoms with Crippen LogP contribution in [0.3, 0.4) is 0 Å². The molecule has 0 N–H and O–H groups in total. The first-order valence-corrected chi connectivity index (χ1v) is 9.30. The Balaban J connectivity index is 1.91. The Morgan fingerprint density at radius 3 is 2.68 bits per heavy atom. The summed E-state index contributed by atoms with van der Waals surface area (Å²) in [5.74, 6) is 0.984. The Labute approximate surface area is 152 Å². The van der Waals surface area contributed by atoms with E-state index in [1.165, 1.54) is 16.8 Å². The molecule has 1 saturated heterocycles. The van der Waals surface area contributed by atoms with E-state index in [4.69, 9.17) is 4.74 Å². The molecule has 1 fully saturated rings. The monoisotopic (exact) mass is 335 g/mol. The molecule has 0 amide bonds. The Hall–Kier alpha value is -2.06. The second-order valence-corrected chi connectivity index (χ2v) is 6.94. The van der Waals surface area contributed by atoms with Crippen LogP contribution in [0.5, 0.6) is 0 Å². The molecule has 2 unspecified atom stereocenters. The number of hydrogen-bond acceptors (Lipinski definition) is 2. The van der Waals surface area contributed by atoms with Gasteiger partial charge in [-0.25, -0.2) is 0 Å². The van der Waals surface area contributed by atoms with Crippen LogP contribution in [0.25, 0.3) is 0 Å². The summed E-state index contributed by atoms with van der Waals surface area (Å²) >= 11 is 0. The second-order valence-electron chi connectivity index (χ2n) is 6.94. The zero-order valence-electron chi connectivity index (χ0n) is 15.4. The highest BCUT2D eigenvalue weighted by Gasteiger charge is 2.23. The van der Waals surface area contributed by atoms with Gasteiger partial charge in [-0.15, -0.1) is 0 Å². The van der Waals surface area contributed by atoms with Gasteiger partial charge in [0, 0.05) is 31.1 Å². The van der Waals surface area contributed by atoms with E-state index in [1.54, 1.807) is 0 Å². The number of allylic oxidation sites excluding steroid dienone is 12. The van der Waals surface area contributed by atoms with Crippen LogP contribution in [-0.4, -0.2) is 31.2 Å². The SMILES string of the molecule is C=C1C=C(N2CCOCC2)CC(=C\C2C=CC=CC2C)/C1=C\C=C/C. The Morgan fingerprint density at radius 2 is 1.96 bits per heavy atom. The number of morpholine rings is 1. The lowest BCUT2D eigenvalue weighted by molar-refractivity contribution is 0.0525. The van der Waals surface area contributed by atoms with Gasteiger partial charge in [-0.3, -0.25) is 0 Å². The Morgan fingerprint density at radius 1 is 1.20 bits per heavy atom. The molecule has 0 spiro atoms. The lowest BCUT2D eigenvalue weighted by Crippen LogP contribution is -2.36. The molecule has 0 aromatic rings. The fourth-order valence-corrected chi connectivity index (χ4v) is 3.61. The van der Waals surface area contributed by atoms with Crippen LogP contribution in [0.1, 0.15) is 20.3 Å². The maximum Gasteiger partial charge on any atom is 0.0642 e. The van der Waals surface area contributed by atoms with Gasteiger partial charge >= 0.3 is 0 Å². The lowest BCUT2D eigenvalue weighted by atomic mass is 9.82. The molecule has 132 valence electrons. The molecule has 0 radical (unpaired) electrons. The van der Waals surface area contributed by atoms with Crippen LogP contribution < -0.4 is 0 Å². The molecule has 2 aliphatic carbocycles. The molecule has 0 aromatic heterocycles. The summed E-state index contributed by atoms with van der Waals surface area (Å²) in [7, 11) is 0. The fraction of sp³-hybridized carbons (Fsp3) is 0.391. The van der Waals surface area contributed by atoms with Crippen molar-refractivity contribution in [2.24, 2.45) is 11.8 Å². The molecule has 3 aliphatic rings. The molecule has 0 saturated carbocycles. The van der Waals surface area contributed by atoms with E-state index < -0.39 is 0 Å². The van der Waals surface area contributed by atoms with Crippen LogP contribution in [-0.2, 0) is 4.74 Å². The topological polar surface area (TPSA) is 12.5 Å². The van der Waals surface area contributed by atoms with Crippen LogP contribution in [0.15, 0.2) is 83.7 Å². The smallest absolute Gasteiger partial charge is 0.0642 e. The van der Waals surface area contributed by atoms with Crippen molar-refractivity contribution in [2.75, 3.05) is 26.3 Å². The molecule has 1 heterocycles. The first-order chi connectivity index (χ1) is 12.2. The van der Waals surface area contributed by atoms with Gasteiger partial charge in [0.2, 0.25) is 0 Å². The van der Waals surface area contributed by atoms with E-state index in [0.29, 0.717) is 11.8 Å². The first-order valence-electron chi connectivity index (χ1n) is 9.30. The van der Waals surface area contributed by atoms with Crippen molar-refractivity contribution in [3.63, 3.8) is 0 Å². The summed E-state index contributed by atoms with van der Waals surface area (Å²) in [5, 5.41) is 0. The predicted molar refractivity (Wildman–Crippen MR) is 106 cm³/mol. The minimum Gasteiger partial charge on any atom is -0.378 e. The average molecular weight is 335 g/mol. The highest BCUT2D eigenvalue weighted by atomic mass is 16.5. The number of ether oxygens (including phenoxy) is 1. The lowest BCUT2D eigenvalue weighted by Gasteiger charge is -2.35. The van der Waals surface area contributed by atoms with Crippen molar-refractivity contribution >= 4 is 0 Å². The van der Waals surface area contributed by atoms with Gasteiger partial charge in [0.15, 0.2) is 0 Å². The van der Waals surface area contributed by atoms with E-state index >= 15 is 0 Å². The van der Waals surface area contributed by atoms with Crippen LogP contribution in [0, 0.1) is 11.8 Å². The van der Waals surface area contributed by atoms with Crippen molar-refractivity contribution in [3.05, 3.63) is 83.7 Å². The van der Waals surface area contributed by atoms with Crippen molar-refractivity contribution < 1.29 is 4.74 Å². The van der Waals surface area contributed by atoms with E-state index in [2.05, 4.69) is 80.0 Å². The molecule has 1 aliphatic heterocycles. The molecule has 2 nitrogen and oxygen atoms in total. The average Bonchev–Trinajstić information content (AvgIpc) is 2.63. The minimum atomic E-state index is 0.450. The molecular weight excluding hydrogens is 306 g/mol. The van der Waals surface area contributed by atoms with Crippen molar-refractivity contribution in [2.45, 2.75) is 20.3 Å². The highest BCUT2D eigenvalue weighted by Crippen LogP contribution is 2.36. The molecule has 2 atom stereocenters. The quantitative estimate of drug-likeness (QED) is 0.722. The zero-order valence-corrected chi connectivity index (χ0v) is 15.4. The maximum atomic E-state index is 5.51. The van der Waals surface area contributed by atoms with Crippen molar-refractivity contribution in [3.8, 4) is 0 Å². The molecule has 2 heteroatoms. The third-order valence-corrected chi connectivity index (χ3v) is 5.14. The number of nitrogens with zero attached hydrogens (tertiary/aromatic N) is 1. The van der Waals surface area contributed by atoms with Gasteiger partial charge in [-0.05, 0) is 35.6 Å². The highest BCUT2D eigenvalue weighted by molar-refractivity contribution is 5.57. The summed E-state index contributed by atoms with van der Waals surface area (Å²) in [5.41, 5.74) is 5.15. The third kappa shape index (κ3) is 4.32. The summed E-state index contributed by atoms with van der Waals surface area (Å²) in [6, 6.07) is 0. The van der Waals surface area contributed by atoms with Crippen molar-refractivity contribution in [1.29, 1.82) is 0 Å². The largest absolute Gasteiger partial charge is 0.378 e.